The van der Waals surface area contributed by atoms with E-state index in [9.17, 15) is 8.42 Å². The van der Waals surface area contributed by atoms with Crippen molar-refractivity contribution in [3.05, 3.63) is 23.8 Å². The van der Waals surface area contributed by atoms with Crippen molar-refractivity contribution < 1.29 is 17.9 Å². The summed E-state index contributed by atoms with van der Waals surface area (Å²) in [6.45, 7) is 7.96. The number of rotatable bonds is 5. The van der Waals surface area contributed by atoms with Crippen molar-refractivity contribution in [1.29, 1.82) is 0 Å². The predicted octanol–water partition coefficient (Wildman–Crippen LogP) is 2.97. The van der Waals surface area contributed by atoms with Gasteiger partial charge in [0.1, 0.15) is 17.1 Å². The lowest BCUT2D eigenvalue weighted by Crippen LogP contribution is -2.44. The Hall–Kier alpha value is -1.27. The molecule has 1 aromatic rings. The van der Waals surface area contributed by atoms with E-state index in [-0.39, 0.29) is 11.8 Å². The van der Waals surface area contributed by atoms with Gasteiger partial charge in [-0.2, -0.15) is 4.31 Å². The molecule has 124 valence electrons. The molecular formula is C16H25NO4S. The molecule has 0 radical (unpaired) electrons. The van der Waals surface area contributed by atoms with E-state index in [4.69, 9.17) is 9.47 Å². The maximum atomic E-state index is 12.4. The van der Waals surface area contributed by atoms with Gasteiger partial charge >= 0.3 is 0 Å². The summed E-state index contributed by atoms with van der Waals surface area (Å²) >= 11 is 0. The van der Waals surface area contributed by atoms with Gasteiger partial charge in [0.25, 0.3) is 0 Å². The second-order valence-corrected chi connectivity index (χ2v) is 8.30. The van der Waals surface area contributed by atoms with E-state index in [1.807, 2.05) is 39.0 Å². The normalized spacial score (nSPS) is 20.4. The number of hydrogen-bond acceptors (Lipinski definition) is 4. The standard InChI is InChI=1S/C16H25NO4S/c1-6-17(22(18,19)7-2)14-11-16(3,4)21-15-10-12(20-5)8-9-13(14)15/h8-10,14H,6-7,11H2,1-5H3. The van der Waals surface area contributed by atoms with Crippen LogP contribution in [0.2, 0.25) is 0 Å². The highest BCUT2D eigenvalue weighted by atomic mass is 32.2. The molecule has 22 heavy (non-hydrogen) atoms. The van der Waals surface area contributed by atoms with Gasteiger partial charge in [0.2, 0.25) is 10.0 Å². The Morgan fingerprint density at radius 3 is 2.59 bits per heavy atom. The van der Waals surface area contributed by atoms with Crippen molar-refractivity contribution in [3.8, 4) is 11.5 Å². The number of hydrogen-bond donors (Lipinski definition) is 0. The van der Waals surface area contributed by atoms with Gasteiger partial charge < -0.3 is 9.47 Å². The van der Waals surface area contributed by atoms with Crippen LogP contribution >= 0.6 is 0 Å². The van der Waals surface area contributed by atoms with Crippen molar-refractivity contribution in [2.75, 3.05) is 19.4 Å². The van der Waals surface area contributed by atoms with Gasteiger partial charge in [-0.25, -0.2) is 8.42 Å². The second-order valence-electron chi connectivity index (χ2n) is 6.09. The molecule has 1 unspecified atom stereocenters. The van der Waals surface area contributed by atoms with E-state index in [0.717, 1.165) is 5.56 Å². The number of nitrogens with zero attached hydrogens (tertiary/aromatic N) is 1. The Labute approximate surface area is 133 Å². The van der Waals surface area contributed by atoms with Crippen LogP contribution in [0.5, 0.6) is 11.5 Å². The zero-order valence-corrected chi connectivity index (χ0v) is 14.7. The fraction of sp³-hybridized carbons (Fsp3) is 0.625. The zero-order chi connectivity index (χ0) is 16.5. The number of fused-ring (bicyclic) bond motifs is 1. The first-order chi connectivity index (χ1) is 10.2. The summed E-state index contributed by atoms with van der Waals surface area (Å²) in [5, 5.41) is 0. The third-order valence-electron chi connectivity index (χ3n) is 4.03. The molecule has 0 bridgehead atoms. The summed E-state index contributed by atoms with van der Waals surface area (Å²) in [5.74, 6) is 1.51. The summed E-state index contributed by atoms with van der Waals surface area (Å²) in [4.78, 5) is 0. The molecule has 1 aliphatic rings. The first-order valence-corrected chi connectivity index (χ1v) is 9.21. The molecule has 0 aliphatic carbocycles. The van der Waals surface area contributed by atoms with Crippen LogP contribution < -0.4 is 9.47 Å². The molecule has 2 rings (SSSR count). The molecule has 0 fully saturated rings. The predicted molar refractivity (Wildman–Crippen MR) is 86.9 cm³/mol. The minimum atomic E-state index is -3.27. The molecule has 0 amide bonds. The first kappa shape index (κ1) is 17.1. The van der Waals surface area contributed by atoms with Crippen LogP contribution in [0.25, 0.3) is 0 Å². The molecule has 1 atom stereocenters. The molecule has 0 spiro atoms. The van der Waals surface area contributed by atoms with E-state index in [0.29, 0.717) is 24.5 Å². The molecule has 1 heterocycles. The maximum Gasteiger partial charge on any atom is 0.214 e. The highest BCUT2D eigenvalue weighted by Gasteiger charge is 2.40. The van der Waals surface area contributed by atoms with Gasteiger partial charge in [-0.1, -0.05) is 13.0 Å². The monoisotopic (exact) mass is 327 g/mol. The van der Waals surface area contributed by atoms with Crippen LogP contribution in [-0.2, 0) is 10.0 Å². The Kier molecular flexibility index (Phi) is 4.73. The van der Waals surface area contributed by atoms with E-state index in [2.05, 4.69) is 0 Å². The van der Waals surface area contributed by atoms with Gasteiger partial charge in [-0.05, 0) is 26.8 Å². The van der Waals surface area contributed by atoms with Crippen molar-refractivity contribution in [2.45, 2.75) is 45.8 Å². The minimum Gasteiger partial charge on any atom is -0.497 e. The SMILES string of the molecule is CCN(C1CC(C)(C)Oc2cc(OC)ccc21)S(=O)(=O)CC. The van der Waals surface area contributed by atoms with E-state index in [1.165, 1.54) is 0 Å². The van der Waals surface area contributed by atoms with Crippen LogP contribution in [0.3, 0.4) is 0 Å². The highest BCUT2D eigenvalue weighted by Crippen LogP contribution is 2.44. The topological polar surface area (TPSA) is 55.8 Å². The minimum absolute atomic E-state index is 0.101. The first-order valence-electron chi connectivity index (χ1n) is 7.60. The van der Waals surface area contributed by atoms with Crippen LogP contribution in [-0.4, -0.2) is 37.7 Å². The van der Waals surface area contributed by atoms with Gasteiger partial charge in [-0.3, -0.25) is 0 Å². The molecule has 0 aromatic heterocycles. The molecular weight excluding hydrogens is 302 g/mol. The number of ether oxygens (including phenoxy) is 2. The van der Waals surface area contributed by atoms with Crippen LogP contribution in [0.4, 0.5) is 0 Å². The third kappa shape index (κ3) is 3.22. The lowest BCUT2D eigenvalue weighted by Gasteiger charge is -2.41. The van der Waals surface area contributed by atoms with Gasteiger partial charge in [0.15, 0.2) is 0 Å². The van der Waals surface area contributed by atoms with E-state index >= 15 is 0 Å². The van der Waals surface area contributed by atoms with Crippen molar-refractivity contribution in [2.24, 2.45) is 0 Å². The van der Waals surface area contributed by atoms with Crippen molar-refractivity contribution in [1.82, 2.24) is 4.31 Å². The van der Waals surface area contributed by atoms with Gasteiger partial charge in [0.05, 0.1) is 18.9 Å². The van der Waals surface area contributed by atoms with Crippen molar-refractivity contribution >= 4 is 10.0 Å². The van der Waals surface area contributed by atoms with E-state index in [1.54, 1.807) is 18.3 Å². The smallest absolute Gasteiger partial charge is 0.214 e. The Bertz CT molecular complexity index is 640. The fourth-order valence-corrected chi connectivity index (χ4v) is 4.25. The number of methoxy groups -OCH3 is 1. The Balaban J connectivity index is 2.53. The molecule has 1 aliphatic heterocycles. The molecule has 0 saturated carbocycles. The summed E-state index contributed by atoms with van der Waals surface area (Å²) in [6.07, 6.45) is 0.624. The van der Waals surface area contributed by atoms with Crippen LogP contribution in [0.15, 0.2) is 18.2 Å². The Morgan fingerprint density at radius 2 is 2.05 bits per heavy atom. The van der Waals surface area contributed by atoms with Gasteiger partial charge in [0, 0.05) is 24.6 Å². The fourth-order valence-electron chi connectivity index (χ4n) is 2.95. The maximum absolute atomic E-state index is 12.4. The largest absolute Gasteiger partial charge is 0.497 e. The number of sulfonamides is 1. The lowest BCUT2D eigenvalue weighted by atomic mass is 9.89. The summed E-state index contributed by atoms with van der Waals surface area (Å²) in [5.41, 5.74) is 0.472. The molecule has 6 heteroatoms. The zero-order valence-electron chi connectivity index (χ0n) is 13.9. The summed E-state index contributed by atoms with van der Waals surface area (Å²) < 4.78 is 37.7. The molecule has 5 nitrogen and oxygen atoms in total. The van der Waals surface area contributed by atoms with E-state index < -0.39 is 15.6 Å². The van der Waals surface area contributed by atoms with Crippen molar-refractivity contribution in [3.63, 3.8) is 0 Å². The quantitative estimate of drug-likeness (QED) is 0.834. The lowest BCUT2D eigenvalue weighted by molar-refractivity contribution is 0.0509. The van der Waals surface area contributed by atoms with Crippen LogP contribution in [0.1, 0.15) is 45.7 Å². The average Bonchev–Trinajstić information content (AvgIpc) is 2.45. The average molecular weight is 327 g/mol. The molecule has 0 saturated heterocycles. The molecule has 1 aromatic carbocycles. The highest BCUT2D eigenvalue weighted by molar-refractivity contribution is 7.89. The Morgan fingerprint density at radius 1 is 1.36 bits per heavy atom. The van der Waals surface area contributed by atoms with Gasteiger partial charge in [-0.15, -0.1) is 0 Å². The third-order valence-corrected chi connectivity index (χ3v) is 5.99. The van der Waals surface area contributed by atoms with Crippen LogP contribution in [0, 0.1) is 0 Å². The number of benzene rings is 1. The second kappa shape index (κ2) is 6.08. The summed E-state index contributed by atoms with van der Waals surface area (Å²) in [7, 11) is -1.67. The molecule has 0 N–H and O–H groups in total. The summed E-state index contributed by atoms with van der Waals surface area (Å²) in [6, 6.07) is 5.37.